The van der Waals surface area contributed by atoms with Gasteiger partial charge in [-0.1, -0.05) is 18.2 Å². The normalized spacial score (nSPS) is 14.4. The predicted octanol–water partition coefficient (Wildman–Crippen LogP) is 0.939. The first-order chi connectivity index (χ1) is 10.2. The second-order valence-corrected chi connectivity index (χ2v) is 5.03. The summed E-state index contributed by atoms with van der Waals surface area (Å²) in [6, 6.07) is 9.35. The average molecular weight is 291 g/mol. The second-order valence-electron chi connectivity index (χ2n) is 5.03. The van der Waals surface area contributed by atoms with Crippen LogP contribution in [0.15, 0.2) is 30.3 Å². The van der Waals surface area contributed by atoms with Gasteiger partial charge in [-0.2, -0.15) is 0 Å². The van der Waals surface area contributed by atoms with Crippen LogP contribution in [0.3, 0.4) is 0 Å². The number of nitrogens with one attached hydrogen (secondary N) is 1. The number of ether oxygens (including phenoxy) is 1. The molecule has 0 radical (unpaired) electrons. The third kappa shape index (κ3) is 4.75. The molecule has 114 valence electrons. The number of urea groups is 1. The van der Waals surface area contributed by atoms with Crippen LogP contribution in [0.5, 0.6) is 5.75 Å². The topological polar surface area (TPSA) is 61.9 Å². The molecule has 1 N–H and O–H groups in total. The van der Waals surface area contributed by atoms with Gasteiger partial charge in [0, 0.05) is 19.6 Å². The molecular formula is C15H21N3O3. The highest BCUT2D eigenvalue weighted by Gasteiger charge is 2.26. The summed E-state index contributed by atoms with van der Waals surface area (Å²) in [5, 5.41) is 2.62. The molecule has 0 bridgehead atoms. The zero-order valence-corrected chi connectivity index (χ0v) is 12.2. The lowest BCUT2D eigenvalue weighted by molar-refractivity contribution is -0.128. The van der Waals surface area contributed by atoms with E-state index in [-0.39, 0.29) is 18.5 Å². The monoisotopic (exact) mass is 291 g/mol. The molecular weight excluding hydrogens is 270 g/mol. The Bertz CT molecular complexity index is 478. The Balaban J connectivity index is 1.62. The van der Waals surface area contributed by atoms with Gasteiger partial charge in [0.25, 0.3) is 0 Å². The fraction of sp³-hybridized carbons (Fsp3) is 0.467. The minimum atomic E-state index is -0.291. The van der Waals surface area contributed by atoms with Gasteiger partial charge in [0.15, 0.2) is 0 Å². The van der Waals surface area contributed by atoms with E-state index in [1.807, 2.05) is 42.3 Å². The van der Waals surface area contributed by atoms with E-state index in [9.17, 15) is 9.59 Å². The zero-order valence-electron chi connectivity index (χ0n) is 12.2. The molecule has 0 atom stereocenters. The lowest BCUT2D eigenvalue weighted by atomic mass is 10.3. The predicted molar refractivity (Wildman–Crippen MR) is 79.2 cm³/mol. The van der Waals surface area contributed by atoms with Crippen molar-refractivity contribution < 1.29 is 14.3 Å². The number of carbonyl (C=O) groups is 2. The summed E-state index contributed by atoms with van der Waals surface area (Å²) in [4.78, 5) is 26.4. The van der Waals surface area contributed by atoms with Crippen LogP contribution in [0.25, 0.3) is 0 Å². The number of hydrogen-bond donors (Lipinski definition) is 1. The highest BCUT2D eigenvalue weighted by molar-refractivity contribution is 5.96. The smallest absolute Gasteiger partial charge is 0.324 e. The largest absolute Gasteiger partial charge is 0.494 e. The van der Waals surface area contributed by atoms with Gasteiger partial charge in [-0.05, 0) is 25.6 Å². The highest BCUT2D eigenvalue weighted by Crippen LogP contribution is 2.08. The summed E-state index contributed by atoms with van der Waals surface area (Å²) in [5.74, 6) is 0.696. The maximum atomic E-state index is 11.9. The van der Waals surface area contributed by atoms with Crippen molar-refractivity contribution in [1.82, 2.24) is 15.1 Å². The summed E-state index contributed by atoms with van der Waals surface area (Å²) in [7, 11) is 1.87. The first kappa shape index (κ1) is 15.3. The molecule has 2 rings (SSSR count). The van der Waals surface area contributed by atoms with Gasteiger partial charge in [-0.15, -0.1) is 0 Å². The molecule has 6 heteroatoms. The number of hydrogen-bond acceptors (Lipinski definition) is 4. The van der Waals surface area contributed by atoms with Gasteiger partial charge in [-0.25, -0.2) is 4.79 Å². The molecule has 0 aliphatic carbocycles. The zero-order chi connectivity index (χ0) is 15.1. The minimum Gasteiger partial charge on any atom is -0.494 e. The van der Waals surface area contributed by atoms with E-state index in [1.165, 1.54) is 4.90 Å². The van der Waals surface area contributed by atoms with Gasteiger partial charge < -0.3 is 10.1 Å². The minimum absolute atomic E-state index is 0.156. The molecule has 1 heterocycles. The number of nitrogens with zero attached hydrogens (tertiary/aromatic N) is 2. The van der Waals surface area contributed by atoms with Crippen LogP contribution in [0.2, 0.25) is 0 Å². The number of imide groups is 1. The van der Waals surface area contributed by atoms with Crippen LogP contribution in [0.4, 0.5) is 4.79 Å². The molecule has 0 spiro atoms. The summed E-state index contributed by atoms with van der Waals surface area (Å²) in [5.41, 5.74) is 0. The molecule has 1 aliphatic rings. The molecule has 6 nitrogen and oxygen atoms in total. The molecule has 1 saturated heterocycles. The number of rotatable bonds is 7. The lowest BCUT2D eigenvalue weighted by Gasteiger charge is -2.19. The summed E-state index contributed by atoms with van der Waals surface area (Å²) < 4.78 is 5.59. The van der Waals surface area contributed by atoms with Crippen molar-refractivity contribution in [2.45, 2.75) is 6.42 Å². The SMILES string of the molecule is CN(CCCOc1ccccc1)CC(=O)N1CCNC1=O. The fourth-order valence-electron chi connectivity index (χ4n) is 2.15. The Labute approximate surface area is 124 Å². The van der Waals surface area contributed by atoms with Crippen molar-refractivity contribution in [2.75, 3.05) is 39.8 Å². The number of amides is 3. The fourth-order valence-corrected chi connectivity index (χ4v) is 2.15. The summed E-state index contributed by atoms with van der Waals surface area (Å²) in [6.07, 6.45) is 0.824. The van der Waals surface area contributed by atoms with Gasteiger partial charge in [-0.3, -0.25) is 14.6 Å². The van der Waals surface area contributed by atoms with Crippen molar-refractivity contribution >= 4 is 11.9 Å². The van der Waals surface area contributed by atoms with Crippen LogP contribution in [0, 0.1) is 0 Å². The molecule has 3 amide bonds. The number of benzene rings is 1. The van der Waals surface area contributed by atoms with Crippen molar-refractivity contribution in [3.05, 3.63) is 30.3 Å². The van der Waals surface area contributed by atoms with Crippen LogP contribution < -0.4 is 10.1 Å². The van der Waals surface area contributed by atoms with E-state index in [2.05, 4.69) is 5.32 Å². The molecule has 0 aromatic heterocycles. The van der Waals surface area contributed by atoms with E-state index < -0.39 is 0 Å². The quantitative estimate of drug-likeness (QED) is 0.760. The maximum absolute atomic E-state index is 11.9. The second kappa shape index (κ2) is 7.64. The number of likely N-dealkylation sites (N-methyl/N-ethyl adjacent to an activating group) is 1. The Morgan fingerprint density at radius 1 is 1.38 bits per heavy atom. The Morgan fingerprint density at radius 3 is 2.81 bits per heavy atom. The highest BCUT2D eigenvalue weighted by atomic mass is 16.5. The van der Waals surface area contributed by atoms with Crippen LogP contribution in [-0.4, -0.2) is 61.6 Å². The third-order valence-electron chi connectivity index (χ3n) is 3.26. The first-order valence-corrected chi connectivity index (χ1v) is 7.11. The van der Waals surface area contributed by atoms with E-state index >= 15 is 0 Å². The number of carbonyl (C=O) groups excluding carboxylic acids is 2. The van der Waals surface area contributed by atoms with E-state index in [0.717, 1.165) is 18.7 Å². The molecule has 1 fully saturated rings. The number of para-hydroxylation sites is 1. The van der Waals surface area contributed by atoms with Gasteiger partial charge in [0.05, 0.1) is 13.2 Å². The van der Waals surface area contributed by atoms with Crippen molar-refractivity contribution in [1.29, 1.82) is 0 Å². The summed E-state index contributed by atoms with van der Waals surface area (Å²) >= 11 is 0. The maximum Gasteiger partial charge on any atom is 0.324 e. The molecule has 1 aromatic carbocycles. The van der Waals surface area contributed by atoms with E-state index in [4.69, 9.17) is 4.74 Å². The first-order valence-electron chi connectivity index (χ1n) is 7.11. The van der Waals surface area contributed by atoms with Crippen LogP contribution >= 0.6 is 0 Å². The standard InChI is InChI=1S/C15H21N3O3/c1-17(12-14(19)18-10-8-16-15(18)20)9-5-11-21-13-6-3-2-4-7-13/h2-4,6-7H,5,8-12H2,1H3,(H,16,20). The van der Waals surface area contributed by atoms with Crippen LogP contribution in [0.1, 0.15) is 6.42 Å². The van der Waals surface area contributed by atoms with Gasteiger partial charge in [0.1, 0.15) is 5.75 Å². The van der Waals surface area contributed by atoms with E-state index in [0.29, 0.717) is 19.7 Å². The average Bonchev–Trinajstić information content (AvgIpc) is 2.91. The molecule has 21 heavy (non-hydrogen) atoms. The van der Waals surface area contributed by atoms with Crippen molar-refractivity contribution in [2.24, 2.45) is 0 Å². The van der Waals surface area contributed by atoms with Crippen molar-refractivity contribution in [3.8, 4) is 5.75 Å². The van der Waals surface area contributed by atoms with Crippen molar-refractivity contribution in [3.63, 3.8) is 0 Å². The lowest BCUT2D eigenvalue weighted by Crippen LogP contribution is -2.41. The Kier molecular flexibility index (Phi) is 5.57. The van der Waals surface area contributed by atoms with E-state index in [1.54, 1.807) is 0 Å². The van der Waals surface area contributed by atoms with Gasteiger partial charge in [0.2, 0.25) is 5.91 Å². The third-order valence-corrected chi connectivity index (χ3v) is 3.26. The molecule has 0 saturated carbocycles. The van der Waals surface area contributed by atoms with Crippen LogP contribution in [-0.2, 0) is 4.79 Å². The molecule has 1 aromatic rings. The Hall–Kier alpha value is -2.08. The Morgan fingerprint density at radius 2 is 2.14 bits per heavy atom. The molecule has 0 unspecified atom stereocenters. The van der Waals surface area contributed by atoms with Gasteiger partial charge >= 0.3 is 6.03 Å². The molecule has 1 aliphatic heterocycles. The summed E-state index contributed by atoms with van der Waals surface area (Å²) in [6.45, 7) is 2.60.